The molecule has 0 fully saturated rings. The monoisotopic (exact) mass is 298 g/mol. The van der Waals surface area contributed by atoms with Gasteiger partial charge in [-0.25, -0.2) is 0 Å². The van der Waals surface area contributed by atoms with Gasteiger partial charge in [0.15, 0.2) is 5.78 Å². The lowest BCUT2D eigenvalue weighted by Gasteiger charge is -2.15. The van der Waals surface area contributed by atoms with Crippen LogP contribution in [0.2, 0.25) is 0 Å². The second-order valence-corrected chi connectivity index (χ2v) is 5.04. The van der Waals surface area contributed by atoms with Gasteiger partial charge in [0.05, 0.1) is 14.2 Å². The number of hydrogen-bond donors (Lipinski definition) is 0. The van der Waals surface area contributed by atoms with Gasteiger partial charge in [0.1, 0.15) is 11.5 Å². The van der Waals surface area contributed by atoms with Gasteiger partial charge in [-0.05, 0) is 60.4 Å². The molecule has 2 rings (SSSR count). The van der Waals surface area contributed by atoms with E-state index >= 15 is 0 Å². The molecule has 0 saturated carbocycles. The summed E-state index contributed by atoms with van der Waals surface area (Å²) in [5.74, 6) is 1.64. The van der Waals surface area contributed by atoms with Crippen LogP contribution < -0.4 is 9.47 Å². The summed E-state index contributed by atoms with van der Waals surface area (Å²) in [5.41, 5.74) is 3.61. The van der Waals surface area contributed by atoms with Crippen LogP contribution in [0.3, 0.4) is 0 Å². The molecule has 0 saturated heterocycles. The van der Waals surface area contributed by atoms with Crippen molar-refractivity contribution in [1.29, 1.82) is 0 Å². The average molecular weight is 298 g/mol. The molecule has 2 aromatic rings. The number of methoxy groups -OCH3 is 2. The van der Waals surface area contributed by atoms with Crippen LogP contribution in [0.5, 0.6) is 11.5 Å². The van der Waals surface area contributed by atoms with Crippen molar-refractivity contribution in [1.82, 2.24) is 0 Å². The molecule has 0 amide bonds. The molecular weight excluding hydrogens is 276 g/mol. The van der Waals surface area contributed by atoms with Crippen LogP contribution in [0, 0.1) is 0 Å². The van der Waals surface area contributed by atoms with Crippen molar-refractivity contribution in [2.45, 2.75) is 26.7 Å². The van der Waals surface area contributed by atoms with Gasteiger partial charge in [-0.15, -0.1) is 0 Å². The van der Waals surface area contributed by atoms with E-state index in [-0.39, 0.29) is 5.78 Å². The van der Waals surface area contributed by atoms with Crippen LogP contribution in [0.15, 0.2) is 36.4 Å². The molecule has 0 spiro atoms. The van der Waals surface area contributed by atoms with E-state index in [2.05, 4.69) is 13.8 Å². The van der Waals surface area contributed by atoms with Crippen molar-refractivity contribution in [3.8, 4) is 11.5 Å². The maximum atomic E-state index is 12.8. The zero-order chi connectivity index (χ0) is 16.1. The summed E-state index contributed by atoms with van der Waals surface area (Å²) >= 11 is 0. The van der Waals surface area contributed by atoms with Crippen LogP contribution in [0.25, 0.3) is 0 Å². The van der Waals surface area contributed by atoms with E-state index < -0.39 is 0 Å². The van der Waals surface area contributed by atoms with Crippen molar-refractivity contribution in [3.63, 3.8) is 0 Å². The van der Waals surface area contributed by atoms with Gasteiger partial charge < -0.3 is 9.47 Å². The standard InChI is InChI=1S/C19H22O3/c1-5-15-16(6-2)18(22-4)12-11-17(15)19(20)13-7-9-14(21-3)10-8-13/h7-12H,5-6H2,1-4H3. The minimum absolute atomic E-state index is 0.0388. The van der Waals surface area contributed by atoms with Crippen LogP contribution in [-0.4, -0.2) is 20.0 Å². The van der Waals surface area contributed by atoms with E-state index in [4.69, 9.17) is 9.47 Å². The smallest absolute Gasteiger partial charge is 0.193 e. The van der Waals surface area contributed by atoms with E-state index in [1.165, 1.54) is 0 Å². The topological polar surface area (TPSA) is 35.5 Å². The molecule has 0 aliphatic rings. The molecule has 22 heavy (non-hydrogen) atoms. The number of rotatable bonds is 6. The van der Waals surface area contributed by atoms with Crippen LogP contribution in [0.4, 0.5) is 0 Å². The molecule has 0 bridgehead atoms. The van der Waals surface area contributed by atoms with Gasteiger partial charge in [-0.3, -0.25) is 4.79 Å². The van der Waals surface area contributed by atoms with E-state index in [0.29, 0.717) is 5.56 Å². The van der Waals surface area contributed by atoms with Crippen LogP contribution in [-0.2, 0) is 12.8 Å². The Bertz CT molecular complexity index is 657. The lowest BCUT2D eigenvalue weighted by atomic mass is 9.91. The third-order valence-corrected chi connectivity index (χ3v) is 3.91. The molecule has 3 nitrogen and oxygen atoms in total. The van der Waals surface area contributed by atoms with Crippen LogP contribution >= 0.6 is 0 Å². The fourth-order valence-corrected chi connectivity index (χ4v) is 2.76. The summed E-state index contributed by atoms with van der Waals surface area (Å²) < 4.78 is 10.6. The highest BCUT2D eigenvalue weighted by atomic mass is 16.5. The SMILES string of the molecule is CCc1c(OC)ccc(C(=O)c2ccc(OC)cc2)c1CC. The fourth-order valence-electron chi connectivity index (χ4n) is 2.76. The summed E-state index contributed by atoms with van der Waals surface area (Å²) in [7, 11) is 3.28. The summed E-state index contributed by atoms with van der Waals surface area (Å²) in [6.07, 6.45) is 1.65. The first-order chi connectivity index (χ1) is 10.7. The number of benzene rings is 2. The molecule has 3 heteroatoms. The van der Waals surface area contributed by atoms with Crippen molar-refractivity contribution >= 4 is 5.78 Å². The van der Waals surface area contributed by atoms with Gasteiger partial charge in [-0.2, -0.15) is 0 Å². The number of ether oxygens (including phenoxy) is 2. The van der Waals surface area contributed by atoms with E-state index in [9.17, 15) is 4.79 Å². The van der Waals surface area contributed by atoms with Crippen molar-refractivity contribution in [2.24, 2.45) is 0 Å². The Labute approximate surface area is 131 Å². The van der Waals surface area contributed by atoms with E-state index in [1.807, 2.05) is 24.3 Å². The van der Waals surface area contributed by atoms with Crippen molar-refractivity contribution in [3.05, 3.63) is 58.7 Å². The molecule has 0 aliphatic carbocycles. The molecule has 0 atom stereocenters. The maximum absolute atomic E-state index is 12.8. The van der Waals surface area contributed by atoms with Gasteiger partial charge in [0.2, 0.25) is 0 Å². The Kier molecular flexibility index (Phi) is 5.21. The highest BCUT2D eigenvalue weighted by Crippen LogP contribution is 2.28. The zero-order valence-corrected chi connectivity index (χ0v) is 13.6. The summed E-state index contributed by atoms with van der Waals surface area (Å²) in [6, 6.07) is 11.0. The normalized spacial score (nSPS) is 10.4. The zero-order valence-electron chi connectivity index (χ0n) is 13.6. The first-order valence-corrected chi connectivity index (χ1v) is 7.53. The first-order valence-electron chi connectivity index (χ1n) is 7.53. The third kappa shape index (κ3) is 2.98. The van der Waals surface area contributed by atoms with Gasteiger partial charge in [0, 0.05) is 11.1 Å². The summed E-state index contributed by atoms with van der Waals surface area (Å²) in [4.78, 5) is 12.8. The Hall–Kier alpha value is -2.29. The summed E-state index contributed by atoms with van der Waals surface area (Å²) in [5, 5.41) is 0. The van der Waals surface area contributed by atoms with E-state index in [0.717, 1.165) is 41.0 Å². The first kappa shape index (κ1) is 16.1. The predicted octanol–water partition coefficient (Wildman–Crippen LogP) is 4.06. The average Bonchev–Trinajstić information content (AvgIpc) is 2.59. The van der Waals surface area contributed by atoms with Gasteiger partial charge in [-0.1, -0.05) is 13.8 Å². The van der Waals surface area contributed by atoms with E-state index in [1.54, 1.807) is 26.4 Å². The molecule has 0 aromatic heterocycles. The second kappa shape index (κ2) is 7.12. The third-order valence-electron chi connectivity index (χ3n) is 3.91. The number of carbonyl (C=O) groups excluding carboxylic acids is 1. The second-order valence-electron chi connectivity index (χ2n) is 5.04. The van der Waals surface area contributed by atoms with Crippen LogP contribution in [0.1, 0.15) is 40.9 Å². The highest BCUT2D eigenvalue weighted by Gasteiger charge is 2.18. The number of ketones is 1. The lowest BCUT2D eigenvalue weighted by molar-refractivity contribution is 0.103. The number of carbonyl (C=O) groups is 1. The van der Waals surface area contributed by atoms with Gasteiger partial charge in [0.25, 0.3) is 0 Å². The Morgan fingerprint density at radius 1 is 0.864 bits per heavy atom. The highest BCUT2D eigenvalue weighted by molar-refractivity contribution is 6.10. The molecule has 0 aliphatic heterocycles. The van der Waals surface area contributed by atoms with Crippen molar-refractivity contribution in [2.75, 3.05) is 14.2 Å². The van der Waals surface area contributed by atoms with Gasteiger partial charge >= 0.3 is 0 Å². The Balaban J connectivity index is 2.48. The molecule has 0 heterocycles. The largest absolute Gasteiger partial charge is 0.497 e. The molecule has 2 aromatic carbocycles. The molecule has 0 N–H and O–H groups in total. The molecule has 0 unspecified atom stereocenters. The minimum Gasteiger partial charge on any atom is -0.497 e. The molecule has 116 valence electrons. The predicted molar refractivity (Wildman–Crippen MR) is 88.2 cm³/mol. The Morgan fingerprint density at radius 2 is 1.50 bits per heavy atom. The molecular formula is C19H22O3. The Morgan fingerprint density at radius 3 is 2.00 bits per heavy atom. The quantitative estimate of drug-likeness (QED) is 0.754. The minimum atomic E-state index is 0.0388. The maximum Gasteiger partial charge on any atom is 0.193 e. The fraction of sp³-hybridized carbons (Fsp3) is 0.316. The van der Waals surface area contributed by atoms with Crippen molar-refractivity contribution < 1.29 is 14.3 Å². The molecule has 0 radical (unpaired) electrons. The lowest BCUT2D eigenvalue weighted by Crippen LogP contribution is -2.08. The number of hydrogen-bond acceptors (Lipinski definition) is 3. The summed E-state index contributed by atoms with van der Waals surface area (Å²) in [6.45, 7) is 4.15.